The van der Waals surface area contributed by atoms with Crippen LogP contribution in [0.15, 0.2) is 6.07 Å². The zero-order chi connectivity index (χ0) is 14.7. The minimum absolute atomic E-state index is 0.140. The van der Waals surface area contributed by atoms with E-state index < -0.39 is 5.97 Å². The Kier molecular flexibility index (Phi) is 4.94. The van der Waals surface area contributed by atoms with Gasteiger partial charge in [0.2, 0.25) is 0 Å². The highest BCUT2D eigenvalue weighted by molar-refractivity contribution is 6.41. The van der Waals surface area contributed by atoms with Crippen molar-refractivity contribution in [1.82, 2.24) is 9.88 Å². The third kappa shape index (κ3) is 3.67. The molecule has 2 heterocycles. The van der Waals surface area contributed by atoms with Crippen LogP contribution in [-0.2, 0) is 4.79 Å². The lowest BCUT2D eigenvalue weighted by Gasteiger charge is -2.32. The second-order valence-corrected chi connectivity index (χ2v) is 5.82. The number of amides is 1. The maximum Gasteiger partial charge on any atom is 0.303 e. The Labute approximate surface area is 126 Å². The fraction of sp³-hybridized carbons (Fsp3) is 0.538. The number of H-pyrrole nitrogens is 1. The van der Waals surface area contributed by atoms with Crippen LogP contribution < -0.4 is 0 Å². The van der Waals surface area contributed by atoms with Gasteiger partial charge in [0.05, 0.1) is 5.02 Å². The zero-order valence-corrected chi connectivity index (χ0v) is 12.4. The van der Waals surface area contributed by atoms with Crippen molar-refractivity contribution in [1.29, 1.82) is 0 Å². The predicted molar refractivity (Wildman–Crippen MR) is 76.3 cm³/mol. The summed E-state index contributed by atoms with van der Waals surface area (Å²) in [7, 11) is 0. The number of hydrogen-bond acceptors (Lipinski definition) is 2. The minimum Gasteiger partial charge on any atom is -0.481 e. The van der Waals surface area contributed by atoms with Gasteiger partial charge in [0.1, 0.15) is 10.8 Å². The molecule has 2 N–H and O–H groups in total. The summed E-state index contributed by atoms with van der Waals surface area (Å²) in [4.78, 5) is 27.4. The first-order valence-electron chi connectivity index (χ1n) is 6.52. The Balaban J connectivity index is 1.97. The highest BCUT2D eigenvalue weighted by Gasteiger charge is 2.26. The number of nitrogens with zero attached hydrogens (tertiary/aromatic N) is 1. The first-order chi connectivity index (χ1) is 9.47. The number of aromatic nitrogens is 1. The molecule has 0 radical (unpaired) electrons. The Bertz CT molecular complexity index is 496. The van der Waals surface area contributed by atoms with Gasteiger partial charge >= 0.3 is 5.97 Å². The molecule has 5 nitrogen and oxygen atoms in total. The van der Waals surface area contributed by atoms with Crippen molar-refractivity contribution in [3.05, 3.63) is 21.9 Å². The number of rotatable bonds is 4. The van der Waals surface area contributed by atoms with Crippen LogP contribution >= 0.6 is 23.2 Å². The summed E-state index contributed by atoms with van der Waals surface area (Å²) < 4.78 is 0. The van der Waals surface area contributed by atoms with E-state index in [-0.39, 0.29) is 23.4 Å². The zero-order valence-electron chi connectivity index (χ0n) is 10.9. The molecule has 1 aliphatic rings. The molecule has 1 aliphatic heterocycles. The van der Waals surface area contributed by atoms with Gasteiger partial charge in [-0.25, -0.2) is 0 Å². The summed E-state index contributed by atoms with van der Waals surface area (Å²) >= 11 is 11.6. The molecule has 0 bridgehead atoms. The smallest absolute Gasteiger partial charge is 0.303 e. The minimum atomic E-state index is -0.795. The third-order valence-corrected chi connectivity index (χ3v) is 4.22. The third-order valence-electron chi connectivity index (χ3n) is 3.53. The first-order valence-corrected chi connectivity index (χ1v) is 7.28. The second-order valence-electron chi connectivity index (χ2n) is 5.04. The van der Waals surface area contributed by atoms with Crippen molar-refractivity contribution in [2.45, 2.75) is 25.7 Å². The van der Waals surface area contributed by atoms with Gasteiger partial charge in [-0.15, -0.1) is 0 Å². The Morgan fingerprint density at radius 3 is 2.80 bits per heavy atom. The van der Waals surface area contributed by atoms with Crippen LogP contribution in [0.4, 0.5) is 0 Å². The molecule has 2 rings (SSSR count). The standard InChI is InChI=1S/C13H16Cl2N2O3/c14-9-6-10(16-12(9)15)13(20)17-5-1-2-8(7-17)3-4-11(18)19/h6,8,16H,1-5,7H2,(H,18,19). The van der Waals surface area contributed by atoms with Gasteiger partial charge in [0.25, 0.3) is 5.91 Å². The highest BCUT2D eigenvalue weighted by atomic mass is 35.5. The molecular weight excluding hydrogens is 303 g/mol. The van der Waals surface area contributed by atoms with E-state index in [1.54, 1.807) is 4.90 Å². The first kappa shape index (κ1) is 15.2. The van der Waals surface area contributed by atoms with Gasteiger partial charge in [-0.2, -0.15) is 0 Å². The fourth-order valence-electron chi connectivity index (χ4n) is 2.50. The number of hydrogen-bond donors (Lipinski definition) is 2. The molecule has 7 heteroatoms. The molecule has 110 valence electrons. The summed E-state index contributed by atoms with van der Waals surface area (Å²) in [6, 6.07) is 1.52. The predicted octanol–water partition coefficient (Wildman–Crippen LogP) is 3.04. The maximum atomic E-state index is 12.3. The number of halogens is 2. The molecule has 1 aromatic heterocycles. The van der Waals surface area contributed by atoms with Crippen molar-refractivity contribution in [3.8, 4) is 0 Å². The van der Waals surface area contributed by atoms with Crippen LogP contribution in [0.2, 0.25) is 10.2 Å². The normalized spacial score (nSPS) is 19.1. The monoisotopic (exact) mass is 318 g/mol. The molecule has 1 saturated heterocycles. The number of piperidine rings is 1. The Morgan fingerprint density at radius 2 is 2.20 bits per heavy atom. The van der Waals surface area contributed by atoms with Crippen LogP contribution in [0.25, 0.3) is 0 Å². The highest BCUT2D eigenvalue weighted by Crippen LogP contribution is 2.25. The van der Waals surface area contributed by atoms with Crippen LogP contribution in [0.5, 0.6) is 0 Å². The SMILES string of the molecule is O=C(O)CCC1CCCN(C(=O)c2cc(Cl)c(Cl)[nH]2)C1. The van der Waals surface area contributed by atoms with Crippen molar-refractivity contribution in [2.75, 3.05) is 13.1 Å². The summed E-state index contributed by atoms with van der Waals surface area (Å²) in [5.41, 5.74) is 0.374. The summed E-state index contributed by atoms with van der Waals surface area (Å²) in [5.74, 6) is -0.695. The van der Waals surface area contributed by atoms with E-state index in [0.29, 0.717) is 30.2 Å². The van der Waals surface area contributed by atoms with E-state index in [4.69, 9.17) is 28.3 Å². The lowest BCUT2D eigenvalue weighted by molar-refractivity contribution is -0.137. The van der Waals surface area contributed by atoms with Gasteiger partial charge in [-0.05, 0) is 31.2 Å². The average molecular weight is 319 g/mol. The molecule has 1 atom stereocenters. The number of carbonyl (C=O) groups is 2. The lowest BCUT2D eigenvalue weighted by Crippen LogP contribution is -2.40. The summed E-state index contributed by atoms with van der Waals surface area (Å²) in [5, 5.41) is 9.30. The lowest BCUT2D eigenvalue weighted by atomic mass is 9.93. The van der Waals surface area contributed by atoms with E-state index in [1.807, 2.05) is 0 Å². The van der Waals surface area contributed by atoms with Crippen molar-refractivity contribution in [2.24, 2.45) is 5.92 Å². The fourth-order valence-corrected chi connectivity index (χ4v) is 2.82. The van der Waals surface area contributed by atoms with Crippen LogP contribution in [0, 0.1) is 5.92 Å². The molecule has 0 saturated carbocycles. The number of aromatic amines is 1. The van der Waals surface area contributed by atoms with Gasteiger partial charge < -0.3 is 15.0 Å². The van der Waals surface area contributed by atoms with Gasteiger partial charge in [0, 0.05) is 19.5 Å². The number of carboxylic acid groups (broad SMARTS) is 1. The quantitative estimate of drug-likeness (QED) is 0.896. The van der Waals surface area contributed by atoms with Crippen LogP contribution in [-0.4, -0.2) is 40.0 Å². The van der Waals surface area contributed by atoms with Gasteiger partial charge in [-0.3, -0.25) is 9.59 Å². The molecule has 1 aromatic rings. The van der Waals surface area contributed by atoms with Gasteiger partial charge in [0.15, 0.2) is 0 Å². The van der Waals surface area contributed by atoms with E-state index >= 15 is 0 Å². The molecule has 0 aliphatic carbocycles. The van der Waals surface area contributed by atoms with Crippen molar-refractivity contribution in [3.63, 3.8) is 0 Å². The molecule has 1 unspecified atom stereocenters. The number of likely N-dealkylation sites (tertiary alicyclic amines) is 1. The summed E-state index contributed by atoms with van der Waals surface area (Å²) in [6.45, 7) is 1.26. The van der Waals surface area contributed by atoms with Crippen molar-refractivity contribution >= 4 is 35.1 Å². The number of carboxylic acids is 1. The second kappa shape index (κ2) is 6.50. The van der Waals surface area contributed by atoms with E-state index in [0.717, 1.165) is 12.8 Å². The van der Waals surface area contributed by atoms with Crippen LogP contribution in [0.3, 0.4) is 0 Å². The number of aliphatic carboxylic acids is 1. The van der Waals surface area contributed by atoms with E-state index in [2.05, 4.69) is 4.98 Å². The van der Waals surface area contributed by atoms with Gasteiger partial charge in [-0.1, -0.05) is 23.2 Å². The molecular formula is C13H16Cl2N2O3. The molecule has 0 spiro atoms. The Hall–Kier alpha value is -1.20. The molecule has 1 amide bonds. The number of carbonyl (C=O) groups excluding carboxylic acids is 1. The topological polar surface area (TPSA) is 73.4 Å². The molecule has 0 aromatic carbocycles. The van der Waals surface area contributed by atoms with E-state index in [1.165, 1.54) is 6.07 Å². The maximum absolute atomic E-state index is 12.3. The number of nitrogens with one attached hydrogen (secondary N) is 1. The Morgan fingerprint density at radius 1 is 1.45 bits per heavy atom. The summed E-state index contributed by atoms with van der Waals surface area (Å²) in [6.07, 6.45) is 2.60. The molecule has 20 heavy (non-hydrogen) atoms. The largest absolute Gasteiger partial charge is 0.481 e. The average Bonchev–Trinajstić information content (AvgIpc) is 2.76. The van der Waals surface area contributed by atoms with Crippen molar-refractivity contribution < 1.29 is 14.7 Å². The van der Waals surface area contributed by atoms with E-state index in [9.17, 15) is 9.59 Å². The molecule has 1 fully saturated rings. The van der Waals surface area contributed by atoms with Crippen LogP contribution in [0.1, 0.15) is 36.2 Å².